The first-order valence-corrected chi connectivity index (χ1v) is 5.53. The van der Waals surface area contributed by atoms with Gasteiger partial charge >= 0.3 is 0 Å². The number of rotatable bonds is 3. The Morgan fingerprint density at radius 3 is 2.54 bits per heavy atom. The molecule has 0 radical (unpaired) electrons. The molecule has 4 nitrogen and oxygen atoms in total. The average Bonchev–Trinajstić information content (AvgIpc) is 2.25. The van der Waals surface area contributed by atoms with Gasteiger partial charge in [-0.3, -0.25) is 0 Å². The van der Waals surface area contributed by atoms with Crippen molar-refractivity contribution in [2.75, 3.05) is 6.61 Å². The molecule has 0 aromatic heterocycles. The maximum absolute atomic E-state index is 11.4. The third-order valence-corrected chi connectivity index (χ3v) is 3.48. The van der Waals surface area contributed by atoms with Crippen molar-refractivity contribution in [3.05, 3.63) is 11.1 Å². The maximum atomic E-state index is 11.4. The summed E-state index contributed by atoms with van der Waals surface area (Å²) in [7, 11) is -3.28. The van der Waals surface area contributed by atoms with Crippen LogP contribution in [0.1, 0.15) is 20.8 Å². The second-order valence-electron chi connectivity index (χ2n) is 3.11. The minimum Gasteiger partial charge on any atom is -0.373 e. The minimum atomic E-state index is -3.28. The monoisotopic (exact) mass is 203 g/mol. The van der Waals surface area contributed by atoms with Gasteiger partial charge in [0.05, 0.1) is 17.6 Å². The van der Waals surface area contributed by atoms with Crippen LogP contribution in [0.25, 0.3) is 0 Å². The van der Waals surface area contributed by atoms with E-state index in [-0.39, 0.29) is 22.7 Å². The van der Waals surface area contributed by atoms with Gasteiger partial charge in [0.15, 0.2) is 0 Å². The lowest BCUT2D eigenvalue weighted by Gasteiger charge is -2.07. The van der Waals surface area contributed by atoms with Crippen molar-refractivity contribution in [2.24, 2.45) is 4.99 Å². The Balaban J connectivity index is 2.67. The van der Waals surface area contributed by atoms with E-state index in [1.54, 1.807) is 0 Å². The summed E-state index contributed by atoms with van der Waals surface area (Å²) in [5.41, 5.74) is 0. The molecule has 0 aromatic rings. The lowest BCUT2D eigenvalue weighted by molar-refractivity contribution is 0.100. The maximum Gasteiger partial charge on any atom is 0.219 e. The highest BCUT2D eigenvalue weighted by atomic mass is 32.2. The van der Waals surface area contributed by atoms with Gasteiger partial charge in [-0.25, -0.2) is 13.4 Å². The molecule has 0 aromatic carbocycles. The minimum absolute atomic E-state index is 0.0250. The van der Waals surface area contributed by atoms with E-state index in [2.05, 4.69) is 4.99 Å². The molecule has 1 aliphatic rings. The van der Waals surface area contributed by atoms with Crippen molar-refractivity contribution >= 4 is 14.9 Å². The number of sulfone groups is 1. The first-order valence-electron chi connectivity index (χ1n) is 4.04. The predicted octanol–water partition coefficient (Wildman–Crippen LogP) is 1.10. The van der Waals surface area contributed by atoms with Crippen LogP contribution in [0, 0.1) is 0 Å². The van der Waals surface area contributed by atoms with Crippen LogP contribution in [-0.2, 0) is 14.6 Å². The second-order valence-corrected chi connectivity index (χ2v) is 5.23. The highest BCUT2D eigenvalue weighted by Gasteiger charge is 2.26. The smallest absolute Gasteiger partial charge is 0.219 e. The number of ether oxygens (including phenoxy) is 1. The molecule has 0 unspecified atom stereocenters. The Kier molecular flexibility index (Phi) is 2.87. The van der Waals surface area contributed by atoms with Gasteiger partial charge in [0.2, 0.25) is 9.84 Å². The summed E-state index contributed by atoms with van der Waals surface area (Å²) in [5.74, 6) is 0. The number of nitrogens with zero attached hydrogens (tertiary/aromatic N) is 1. The third-order valence-electron chi connectivity index (χ3n) is 1.68. The number of hydrogen-bond acceptors (Lipinski definition) is 4. The van der Waals surface area contributed by atoms with Gasteiger partial charge < -0.3 is 4.74 Å². The summed E-state index contributed by atoms with van der Waals surface area (Å²) in [6.07, 6.45) is 1.38. The fraction of sp³-hybridized carbons (Fsp3) is 0.625. The average molecular weight is 203 g/mol. The number of aliphatic imine (C=N–C) groups is 1. The zero-order chi connectivity index (χ0) is 10.1. The first-order chi connectivity index (χ1) is 5.94. The van der Waals surface area contributed by atoms with Crippen molar-refractivity contribution in [3.8, 4) is 0 Å². The molecule has 1 rings (SSSR count). The van der Waals surface area contributed by atoms with Crippen LogP contribution < -0.4 is 0 Å². The van der Waals surface area contributed by atoms with Gasteiger partial charge in [0.25, 0.3) is 0 Å². The zero-order valence-corrected chi connectivity index (χ0v) is 8.76. The standard InChI is InChI=1S/C8H13NO3S/c1-6(2)12-5-8-4-9-7(3)13(8,10)11/h4,6H,5H2,1-3H3. The van der Waals surface area contributed by atoms with Crippen LogP contribution in [0.2, 0.25) is 0 Å². The lowest BCUT2D eigenvalue weighted by atomic mass is 10.5. The second kappa shape index (κ2) is 3.59. The summed E-state index contributed by atoms with van der Waals surface area (Å²) in [6.45, 7) is 5.31. The molecule has 5 heteroatoms. The van der Waals surface area contributed by atoms with E-state index in [0.717, 1.165) is 0 Å². The van der Waals surface area contributed by atoms with Crippen molar-refractivity contribution in [1.82, 2.24) is 0 Å². The van der Waals surface area contributed by atoms with Gasteiger partial charge in [-0.1, -0.05) is 0 Å². The van der Waals surface area contributed by atoms with E-state index in [0.29, 0.717) is 0 Å². The molecule has 0 bridgehead atoms. The van der Waals surface area contributed by atoms with Crippen LogP contribution in [0.3, 0.4) is 0 Å². The molecule has 0 spiro atoms. The molecular formula is C8H13NO3S. The fourth-order valence-electron chi connectivity index (χ4n) is 0.855. The molecule has 74 valence electrons. The summed E-state index contributed by atoms with van der Waals surface area (Å²) >= 11 is 0. The normalized spacial score (nSPS) is 20.3. The van der Waals surface area contributed by atoms with E-state index in [1.807, 2.05) is 13.8 Å². The first kappa shape index (κ1) is 10.4. The van der Waals surface area contributed by atoms with E-state index in [4.69, 9.17) is 4.74 Å². The predicted molar refractivity (Wildman–Crippen MR) is 51.2 cm³/mol. The molecule has 1 heterocycles. The summed E-state index contributed by atoms with van der Waals surface area (Å²) in [5, 5.41) is 0.148. The van der Waals surface area contributed by atoms with E-state index < -0.39 is 9.84 Å². The van der Waals surface area contributed by atoms with Crippen molar-refractivity contribution in [2.45, 2.75) is 26.9 Å². The quantitative estimate of drug-likeness (QED) is 0.690. The molecule has 1 aliphatic heterocycles. The molecule has 0 atom stereocenters. The Morgan fingerprint density at radius 2 is 2.15 bits per heavy atom. The van der Waals surface area contributed by atoms with E-state index >= 15 is 0 Å². The van der Waals surface area contributed by atoms with Crippen LogP contribution in [0.15, 0.2) is 16.1 Å². The summed E-state index contributed by atoms with van der Waals surface area (Å²) in [6, 6.07) is 0. The molecule has 13 heavy (non-hydrogen) atoms. The van der Waals surface area contributed by atoms with Gasteiger partial charge in [-0.15, -0.1) is 0 Å². The molecule has 0 N–H and O–H groups in total. The summed E-state index contributed by atoms with van der Waals surface area (Å²) in [4.78, 5) is 3.98. The lowest BCUT2D eigenvalue weighted by Crippen LogP contribution is -2.15. The van der Waals surface area contributed by atoms with Crippen LogP contribution in [0.5, 0.6) is 0 Å². The molecule has 0 amide bonds. The summed E-state index contributed by atoms with van der Waals surface area (Å²) < 4.78 is 28.0. The van der Waals surface area contributed by atoms with Crippen molar-refractivity contribution in [3.63, 3.8) is 0 Å². The van der Waals surface area contributed by atoms with Gasteiger partial charge in [0.1, 0.15) is 5.04 Å². The van der Waals surface area contributed by atoms with E-state index in [1.165, 1.54) is 13.1 Å². The zero-order valence-electron chi connectivity index (χ0n) is 7.94. The molecule has 0 fully saturated rings. The van der Waals surface area contributed by atoms with E-state index in [9.17, 15) is 8.42 Å². The third kappa shape index (κ3) is 2.16. The molecule has 0 aliphatic carbocycles. The Hall–Kier alpha value is -0.680. The highest BCUT2D eigenvalue weighted by Crippen LogP contribution is 2.17. The Labute approximate surface area is 78.2 Å². The highest BCUT2D eigenvalue weighted by molar-refractivity contribution is 8.09. The number of hydrogen-bond donors (Lipinski definition) is 0. The molecular weight excluding hydrogens is 190 g/mol. The topological polar surface area (TPSA) is 55.7 Å². The van der Waals surface area contributed by atoms with Crippen LogP contribution in [0.4, 0.5) is 0 Å². The van der Waals surface area contributed by atoms with Gasteiger partial charge in [-0.05, 0) is 20.8 Å². The molecule has 0 saturated heterocycles. The van der Waals surface area contributed by atoms with Gasteiger partial charge in [-0.2, -0.15) is 0 Å². The van der Waals surface area contributed by atoms with Crippen LogP contribution in [-0.4, -0.2) is 26.2 Å². The molecule has 0 saturated carbocycles. The largest absolute Gasteiger partial charge is 0.373 e. The van der Waals surface area contributed by atoms with Gasteiger partial charge in [0, 0.05) is 6.20 Å². The Morgan fingerprint density at radius 1 is 1.54 bits per heavy atom. The van der Waals surface area contributed by atoms with Crippen molar-refractivity contribution in [1.29, 1.82) is 0 Å². The Bertz CT molecular complexity index is 352. The van der Waals surface area contributed by atoms with Crippen LogP contribution >= 0.6 is 0 Å². The fourth-order valence-corrected chi connectivity index (χ4v) is 1.84. The van der Waals surface area contributed by atoms with Crippen molar-refractivity contribution < 1.29 is 13.2 Å². The SMILES string of the molecule is CC1=NC=C(COC(C)C)S1(=O)=O.